The zero-order valence-corrected chi connectivity index (χ0v) is 12.5. The van der Waals surface area contributed by atoms with E-state index >= 15 is 0 Å². The van der Waals surface area contributed by atoms with E-state index in [1.165, 1.54) is 30.3 Å². The Kier molecular flexibility index (Phi) is 4.82. The lowest BCUT2D eigenvalue weighted by Gasteiger charge is -2.25. The topological polar surface area (TPSA) is 43.4 Å². The van der Waals surface area contributed by atoms with E-state index in [0.29, 0.717) is 5.39 Å². The van der Waals surface area contributed by atoms with Gasteiger partial charge in [-0.2, -0.15) is 26.0 Å². The normalized spacial score (nSPS) is 13.6. The molecule has 0 bridgehead atoms. The minimum absolute atomic E-state index is 0.115. The lowest BCUT2D eigenvalue weighted by Crippen LogP contribution is -2.49. The zero-order chi connectivity index (χ0) is 18.2. The third kappa shape index (κ3) is 3.34. The van der Waals surface area contributed by atoms with Crippen molar-refractivity contribution in [2.75, 3.05) is 6.61 Å². The van der Waals surface area contributed by atoms with Crippen molar-refractivity contribution in [1.29, 1.82) is 0 Å². The molecule has 3 nitrogen and oxygen atoms in total. The van der Waals surface area contributed by atoms with Gasteiger partial charge in [-0.05, 0) is 11.5 Å². The highest BCUT2D eigenvalue weighted by atomic mass is 32.2. The van der Waals surface area contributed by atoms with E-state index in [4.69, 9.17) is 0 Å². The zero-order valence-electron chi connectivity index (χ0n) is 11.7. The number of benzene rings is 2. The van der Waals surface area contributed by atoms with Gasteiger partial charge < -0.3 is 0 Å². The van der Waals surface area contributed by atoms with Crippen molar-refractivity contribution in [3.63, 3.8) is 0 Å². The van der Waals surface area contributed by atoms with E-state index in [0.717, 1.165) is 6.07 Å². The molecular formula is C14H10F6O3S. The Hall–Kier alpha value is -1.81. The molecule has 0 heterocycles. The Bertz CT molecular complexity index is 830. The van der Waals surface area contributed by atoms with Gasteiger partial charge in [0.1, 0.15) is 11.5 Å². The highest BCUT2D eigenvalue weighted by Crippen LogP contribution is 2.40. The highest BCUT2D eigenvalue weighted by Gasteiger charge is 2.63. The van der Waals surface area contributed by atoms with E-state index in [9.17, 15) is 34.8 Å². The van der Waals surface area contributed by atoms with Gasteiger partial charge in [0.25, 0.3) is 10.1 Å². The molecule has 0 spiro atoms. The van der Waals surface area contributed by atoms with Gasteiger partial charge in [0.05, 0.1) is 0 Å². The van der Waals surface area contributed by atoms with Gasteiger partial charge in [-0.3, -0.25) is 4.18 Å². The second kappa shape index (κ2) is 6.25. The van der Waals surface area contributed by atoms with Crippen LogP contribution in [-0.2, 0) is 14.3 Å². The molecule has 0 atom stereocenters. The van der Waals surface area contributed by atoms with E-state index in [2.05, 4.69) is 4.18 Å². The van der Waals surface area contributed by atoms with Crippen LogP contribution >= 0.6 is 0 Å². The molecule has 2 aromatic rings. The van der Waals surface area contributed by atoms with Crippen molar-refractivity contribution >= 4 is 20.9 Å². The summed E-state index contributed by atoms with van der Waals surface area (Å²) >= 11 is 0. The fourth-order valence-electron chi connectivity index (χ4n) is 1.88. The molecule has 0 aliphatic heterocycles. The molecule has 10 heteroatoms. The van der Waals surface area contributed by atoms with Crippen molar-refractivity contribution in [2.45, 2.75) is 23.2 Å². The third-order valence-corrected chi connectivity index (χ3v) is 4.50. The first kappa shape index (κ1) is 18.5. The summed E-state index contributed by atoms with van der Waals surface area (Å²) in [6.07, 6.45) is -4.67. The Morgan fingerprint density at radius 1 is 0.958 bits per heavy atom. The van der Waals surface area contributed by atoms with Crippen molar-refractivity contribution in [3.8, 4) is 0 Å². The standard InChI is InChI=1S/C14H10F6O3S/c15-12(16)14(19,20)13(17,18)8-23-24(21,22)11-7-3-5-9-4-1-2-6-10(9)11/h1-7,12H,8H2. The SMILES string of the molecule is O=S(=O)(OCC(F)(F)C(F)(F)C(F)F)c1cccc2ccccc12. The molecule has 0 aliphatic carbocycles. The van der Waals surface area contributed by atoms with Crippen LogP contribution in [0, 0.1) is 0 Å². The number of rotatable bonds is 6. The van der Waals surface area contributed by atoms with Crippen LogP contribution in [0.15, 0.2) is 47.4 Å². The number of hydrogen-bond acceptors (Lipinski definition) is 3. The Labute approximate surface area is 133 Å². The summed E-state index contributed by atoms with van der Waals surface area (Å²) in [5.74, 6) is -11.1. The van der Waals surface area contributed by atoms with Crippen molar-refractivity contribution < 1.29 is 38.9 Å². The highest BCUT2D eigenvalue weighted by molar-refractivity contribution is 7.87. The van der Waals surface area contributed by atoms with Crippen LogP contribution in [-0.4, -0.2) is 33.3 Å². The lowest BCUT2D eigenvalue weighted by atomic mass is 10.1. The monoisotopic (exact) mass is 372 g/mol. The molecule has 0 amide bonds. The molecule has 24 heavy (non-hydrogen) atoms. The van der Waals surface area contributed by atoms with Crippen molar-refractivity contribution in [3.05, 3.63) is 42.5 Å². The van der Waals surface area contributed by atoms with Crippen LogP contribution in [0.5, 0.6) is 0 Å². The van der Waals surface area contributed by atoms with Gasteiger partial charge in [-0.15, -0.1) is 0 Å². The van der Waals surface area contributed by atoms with E-state index in [-0.39, 0.29) is 5.39 Å². The molecule has 0 aromatic heterocycles. The number of hydrogen-bond donors (Lipinski definition) is 0. The summed E-state index contributed by atoms with van der Waals surface area (Å²) < 4.78 is 104. The van der Waals surface area contributed by atoms with E-state index in [1.54, 1.807) is 6.07 Å². The van der Waals surface area contributed by atoms with Crippen LogP contribution in [0.3, 0.4) is 0 Å². The number of halogens is 6. The van der Waals surface area contributed by atoms with Gasteiger partial charge in [0.15, 0.2) is 0 Å². The second-order valence-electron chi connectivity index (χ2n) is 4.82. The molecule has 0 unspecified atom stereocenters. The fraction of sp³-hybridized carbons (Fsp3) is 0.286. The van der Waals surface area contributed by atoms with Crippen LogP contribution in [0.25, 0.3) is 10.8 Å². The van der Waals surface area contributed by atoms with Crippen LogP contribution in [0.1, 0.15) is 0 Å². The van der Waals surface area contributed by atoms with Gasteiger partial charge >= 0.3 is 18.3 Å². The Morgan fingerprint density at radius 3 is 2.17 bits per heavy atom. The molecule has 2 rings (SSSR count). The van der Waals surface area contributed by atoms with Gasteiger partial charge in [-0.1, -0.05) is 36.4 Å². The van der Waals surface area contributed by atoms with E-state index in [1.807, 2.05) is 0 Å². The summed E-state index contributed by atoms with van der Waals surface area (Å²) in [5, 5.41) is 0.552. The first-order valence-electron chi connectivity index (χ1n) is 6.40. The maximum atomic E-state index is 13.2. The van der Waals surface area contributed by atoms with Gasteiger partial charge in [0.2, 0.25) is 0 Å². The summed E-state index contributed by atoms with van der Waals surface area (Å²) in [5.41, 5.74) is 0. The van der Waals surface area contributed by atoms with Crippen molar-refractivity contribution in [1.82, 2.24) is 0 Å². The maximum absolute atomic E-state index is 13.2. The molecule has 0 aliphatic rings. The van der Waals surface area contributed by atoms with E-state index < -0.39 is 39.9 Å². The quantitative estimate of drug-likeness (QED) is 0.567. The van der Waals surface area contributed by atoms with Crippen molar-refractivity contribution in [2.24, 2.45) is 0 Å². The molecule has 0 saturated heterocycles. The van der Waals surface area contributed by atoms with Gasteiger partial charge in [-0.25, -0.2) is 8.78 Å². The molecule has 2 aromatic carbocycles. The average Bonchev–Trinajstić information content (AvgIpc) is 2.52. The van der Waals surface area contributed by atoms with Gasteiger partial charge in [0, 0.05) is 5.39 Å². The molecule has 132 valence electrons. The molecule has 0 fully saturated rings. The third-order valence-electron chi connectivity index (χ3n) is 3.18. The molecular weight excluding hydrogens is 362 g/mol. The molecule has 0 radical (unpaired) electrons. The predicted molar refractivity (Wildman–Crippen MR) is 73.0 cm³/mol. The lowest BCUT2D eigenvalue weighted by molar-refractivity contribution is -0.271. The Balaban J connectivity index is 2.32. The van der Waals surface area contributed by atoms with Crippen LogP contribution in [0.2, 0.25) is 0 Å². The fourth-order valence-corrected chi connectivity index (χ4v) is 3.02. The first-order chi connectivity index (χ1) is 11.0. The second-order valence-corrected chi connectivity index (χ2v) is 6.41. The minimum atomic E-state index is -5.72. The van der Waals surface area contributed by atoms with Crippen LogP contribution in [0.4, 0.5) is 26.3 Å². The summed E-state index contributed by atoms with van der Waals surface area (Å²) in [4.78, 5) is -0.531. The smallest absolute Gasteiger partial charge is 0.260 e. The predicted octanol–water partition coefficient (Wildman–Crippen LogP) is 4.08. The Morgan fingerprint density at radius 2 is 1.54 bits per heavy atom. The van der Waals surface area contributed by atoms with Crippen LogP contribution < -0.4 is 0 Å². The molecule has 0 saturated carbocycles. The summed E-state index contributed by atoms with van der Waals surface area (Å²) in [7, 11) is -4.86. The first-order valence-corrected chi connectivity index (χ1v) is 7.81. The minimum Gasteiger partial charge on any atom is -0.260 e. The molecule has 0 N–H and O–H groups in total. The maximum Gasteiger partial charge on any atom is 0.371 e. The average molecular weight is 372 g/mol. The number of fused-ring (bicyclic) bond motifs is 1. The summed E-state index contributed by atoms with van der Waals surface area (Å²) in [6.45, 7) is -2.41. The summed E-state index contributed by atoms with van der Waals surface area (Å²) in [6, 6.07) is 9.82. The number of alkyl halides is 6. The largest absolute Gasteiger partial charge is 0.371 e.